The number of hydrogen-bond donors (Lipinski definition) is 2. The molecule has 1 atom stereocenters. The monoisotopic (exact) mass is 421 g/mol. The quantitative estimate of drug-likeness (QED) is 0.767. The number of anilines is 1. The summed E-state index contributed by atoms with van der Waals surface area (Å²) in [4.78, 5) is 12.1. The van der Waals surface area contributed by atoms with Crippen molar-refractivity contribution in [3.63, 3.8) is 0 Å². The summed E-state index contributed by atoms with van der Waals surface area (Å²) in [6, 6.07) is 9.95. The van der Waals surface area contributed by atoms with Gasteiger partial charge in [0.15, 0.2) is 15.4 Å². The van der Waals surface area contributed by atoms with E-state index in [9.17, 15) is 18.3 Å². The number of carbonyl (C=O) groups is 1. The first-order valence-corrected chi connectivity index (χ1v) is 9.76. The van der Waals surface area contributed by atoms with E-state index in [1.165, 1.54) is 30.3 Å². The lowest BCUT2D eigenvalue weighted by molar-refractivity contribution is -0.130. The molecule has 0 saturated carbocycles. The maximum absolute atomic E-state index is 12.5. The first-order valence-electron chi connectivity index (χ1n) is 6.98. The van der Waals surface area contributed by atoms with Crippen LogP contribution < -0.4 is 5.32 Å². The van der Waals surface area contributed by atoms with Gasteiger partial charge in [-0.05, 0) is 49.4 Å². The van der Waals surface area contributed by atoms with Crippen molar-refractivity contribution in [1.82, 2.24) is 0 Å². The molecule has 2 aromatic rings. The fraction of sp³-hybridized carbons (Fsp3) is 0.188. The Morgan fingerprint density at radius 2 is 1.56 bits per heavy atom. The van der Waals surface area contributed by atoms with E-state index in [4.69, 9.17) is 34.8 Å². The summed E-state index contributed by atoms with van der Waals surface area (Å²) in [5.41, 5.74) is -1.80. The Kier molecular flexibility index (Phi) is 6.01. The van der Waals surface area contributed by atoms with Gasteiger partial charge in [-0.25, -0.2) is 8.42 Å². The highest BCUT2D eigenvalue weighted by Gasteiger charge is 2.37. The van der Waals surface area contributed by atoms with Gasteiger partial charge in [0.05, 0.1) is 10.6 Å². The van der Waals surface area contributed by atoms with Crippen LogP contribution in [0.2, 0.25) is 15.1 Å². The number of aliphatic hydroxyl groups is 1. The summed E-state index contributed by atoms with van der Waals surface area (Å²) in [7, 11) is -4.01. The van der Waals surface area contributed by atoms with Crippen LogP contribution in [0.25, 0.3) is 0 Å². The van der Waals surface area contributed by atoms with E-state index in [1.54, 1.807) is 12.1 Å². The molecule has 5 nitrogen and oxygen atoms in total. The molecule has 0 radical (unpaired) electrons. The molecule has 134 valence electrons. The molecule has 0 bridgehead atoms. The van der Waals surface area contributed by atoms with Crippen LogP contribution in [0.5, 0.6) is 0 Å². The highest BCUT2D eigenvalue weighted by molar-refractivity contribution is 7.91. The molecule has 0 aliphatic heterocycles. The molecular formula is C16H14Cl3NO4S. The largest absolute Gasteiger partial charge is 0.379 e. The molecule has 0 spiro atoms. The van der Waals surface area contributed by atoms with Crippen LogP contribution in [-0.4, -0.2) is 30.8 Å². The highest BCUT2D eigenvalue weighted by atomic mass is 35.5. The van der Waals surface area contributed by atoms with Crippen molar-refractivity contribution < 1.29 is 18.3 Å². The van der Waals surface area contributed by atoms with Crippen molar-refractivity contribution in [3.8, 4) is 0 Å². The number of amides is 1. The molecule has 1 amide bonds. The van der Waals surface area contributed by atoms with Gasteiger partial charge in [-0.1, -0.05) is 34.8 Å². The molecule has 2 aromatic carbocycles. The number of carbonyl (C=O) groups excluding carboxylic acids is 1. The van der Waals surface area contributed by atoms with Crippen LogP contribution in [0.3, 0.4) is 0 Å². The number of halogens is 3. The standard InChI is InChI=1S/C16H14Cl3NO4S/c1-16(22,15(21)20-13-4-2-10(17)3-5-13)9-25(23,24)14-7-11(18)6-12(19)8-14/h2-8,22H,9H2,1H3,(H,20,21)/t16-/m1/s1. The average molecular weight is 423 g/mol. The van der Waals surface area contributed by atoms with Gasteiger partial charge < -0.3 is 10.4 Å². The van der Waals surface area contributed by atoms with Crippen LogP contribution in [-0.2, 0) is 14.6 Å². The molecule has 0 aromatic heterocycles. The third kappa shape index (κ3) is 5.33. The molecular weight excluding hydrogens is 409 g/mol. The van der Waals surface area contributed by atoms with E-state index in [0.717, 1.165) is 6.92 Å². The zero-order valence-electron chi connectivity index (χ0n) is 13.0. The number of benzene rings is 2. The van der Waals surface area contributed by atoms with E-state index in [-0.39, 0.29) is 14.9 Å². The van der Waals surface area contributed by atoms with Gasteiger partial charge in [0, 0.05) is 20.8 Å². The minimum absolute atomic E-state index is 0.135. The Labute approximate surface area is 160 Å². The topological polar surface area (TPSA) is 83.5 Å². The van der Waals surface area contributed by atoms with Gasteiger partial charge in [0.1, 0.15) is 0 Å². The van der Waals surface area contributed by atoms with Crippen LogP contribution in [0.4, 0.5) is 5.69 Å². The van der Waals surface area contributed by atoms with E-state index >= 15 is 0 Å². The Morgan fingerprint density at radius 3 is 2.08 bits per heavy atom. The Bertz CT molecular complexity index is 876. The Morgan fingerprint density at radius 1 is 1.04 bits per heavy atom. The molecule has 2 N–H and O–H groups in total. The summed E-state index contributed by atoms with van der Waals surface area (Å²) < 4.78 is 25.0. The maximum Gasteiger partial charge on any atom is 0.257 e. The number of sulfone groups is 1. The lowest BCUT2D eigenvalue weighted by atomic mass is 10.1. The lowest BCUT2D eigenvalue weighted by Crippen LogP contribution is -2.45. The maximum atomic E-state index is 12.5. The van der Waals surface area contributed by atoms with Gasteiger partial charge in [-0.2, -0.15) is 0 Å². The minimum Gasteiger partial charge on any atom is -0.379 e. The molecule has 0 aliphatic carbocycles. The van der Waals surface area contributed by atoms with Crippen molar-refractivity contribution in [2.24, 2.45) is 0 Å². The molecule has 0 fully saturated rings. The minimum atomic E-state index is -4.01. The zero-order chi connectivity index (χ0) is 18.8. The molecule has 2 rings (SSSR count). The van der Waals surface area contributed by atoms with Crippen LogP contribution in [0, 0.1) is 0 Å². The number of nitrogens with one attached hydrogen (secondary N) is 1. The first kappa shape index (κ1) is 20.0. The molecule has 25 heavy (non-hydrogen) atoms. The van der Waals surface area contributed by atoms with Crippen molar-refractivity contribution in [3.05, 3.63) is 57.5 Å². The lowest BCUT2D eigenvalue weighted by Gasteiger charge is -2.22. The molecule has 0 unspecified atom stereocenters. The molecule has 9 heteroatoms. The fourth-order valence-corrected chi connectivity index (χ4v) is 4.46. The summed E-state index contributed by atoms with van der Waals surface area (Å²) in [6.45, 7) is 1.11. The van der Waals surface area contributed by atoms with Crippen molar-refractivity contribution >= 4 is 56.2 Å². The first-order chi connectivity index (χ1) is 11.5. The summed E-state index contributed by atoms with van der Waals surface area (Å²) in [6.07, 6.45) is 0. The third-order valence-electron chi connectivity index (χ3n) is 3.26. The molecule has 0 aliphatic rings. The average Bonchev–Trinajstić information content (AvgIpc) is 2.47. The van der Waals surface area contributed by atoms with Crippen LogP contribution in [0.15, 0.2) is 47.4 Å². The van der Waals surface area contributed by atoms with E-state index in [1.807, 2.05) is 0 Å². The zero-order valence-corrected chi connectivity index (χ0v) is 16.0. The third-order valence-corrected chi connectivity index (χ3v) is 5.84. The summed E-state index contributed by atoms with van der Waals surface area (Å²) in [5.74, 6) is -1.71. The van der Waals surface area contributed by atoms with Gasteiger partial charge in [0.2, 0.25) is 0 Å². The second-order valence-electron chi connectivity index (χ2n) is 5.60. The number of rotatable bonds is 5. The number of hydrogen-bond acceptors (Lipinski definition) is 4. The van der Waals surface area contributed by atoms with Crippen molar-refractivity contribution in [2.45, 2.75) is 17.4 Å². The predicted molar refractivity (Wildman–Crippen MR) is 99.2 cm³/mol. The second kappa shape index (κ2) is 7.51. The smallest absolute Gasteiger partial charge is 0.257 e. The second-order valence-corrected chi connectivity index (χ2v) is 8.90. The van der Waals surface area contributed by atoms with Crippen LogP contribution >= 0.6 is 34.8 Å². The van der Waals surface area contributed by atoms with Crippen molar-refractivity contribution in [2.75, 3.05) is 11.1 Å². The highest BCUT2D eigenvalue weighted by Crippen LogP contribution is 2.25. The predicted octanol–water partition coefficient (Wildman–Crippen LogP) is 3.81. The van der Waals surface area contributed by atoms with Gasteiger partial charge in [-0.3, -0.25) is 4.79 Å². The van der Waals surface area contributed by atoms with E-state index < -0.39 is 27.1 Å². The van der Waals surface area contributed by atoms with Crippen LogP contribution in [0.1, 0.15) is 6.92 Å². The Balaban J connectivity index is 2.20. The Hall–Kier alpha value is -1.31. The summed E-state index contributed by atoms with van der Waals surface area (Å²) in [5, 5.41) is 13.5. The molecule has 0 heterocycles. The van der Waals surface area contributed by atoms with E-state index in [0.29, 0.717) is 10.7 Å². The summed E-state index contributed by atoms with van der Waals surface area (Å²) >= 11 is 17.4. The SMILES string of the molecule is C[C@@](O)(CS(=O)(=O)c1cc(Cl)cc(Cl)c1)C(=O)Nc1ccc(Cl)cc1. The van der Waals surface area contributed by atoms with Gasteiger partial charge >= 0.3 is 0 Å². The molecule has 0 saturated heterocycles. The van der Waals surface area contributed by atoms with E-state index in [2.05, 4.69) is 5.32 Å². The normalized spacial score (nSPS) is 14.0. The fourth-order valence-electron chi connectivity index (χ4n) is 2.03. The van der Waals surface area contributed by atoms with Gasteiger partial charge in [-0.15, -0.1) is 0 Å². The van der Waals surface area contributed by atoms with Gasteiger partial charge in [0.25, 0.3) is 5.91 Å². The van der Waals surface area contributed by atoms with Crippen molar-refractivity contribution in [1.29, 1.82) is 0 Å².